The van der Waals surface area contributed by atoms with Crippen molar-refractivity contribution in [2.24, 2.45) is 11.8 Å². The van der Waals surface area contributed by atoms with Crippen LogP contribution >= 0.6 is 0 Å². The normalized spacial score (nSPS) is 33.9. The molecule has 0 bridgehead atoms. The van der Waals surface area contributed by atoms with Crippen LogP contribution in [0.5, 0.6) is 0 Å². The van der Waals surface area contributed by atoms with Gasteiger partial charge >= 0.3 is 0 Å². The molecular formula is C19H32N2O3. The van der Waals surface area contributed by atoms with Crippen molar-refractivity contribution in [3.05, 3.63) is 0 Å². The first kappa shape index (κ1) is 17.7. The Bertz CT molecular complexity index is 458. The van der Waals surface area contributed by atoms with Gasteiger partial charge in [-0.15, -0.1) is 0 Å². The Morgan fingerprint density at radius 2 is 1.42 bits per heavy atom. The summed E-state index contributed by atoms with van der Waals surface area (Å²) in [5.74, 6) is 1.80. The average molecular weight is 336 g/mol. The molecule has 0 spiro atoms. The number of amides is 2. The first-order valence-electron chi connectivity index (χ1n) is 9.74. The number of likely N-dealkylation sites (tertiary alicyclic amines) is 1. The third-order valence-electron chi connectivity index (χ3n) is 5.97. The van der Waals surface area contributed by atoms with Gasteiger partial charge in [-0.2, -0.15) is 0 Å². The molecule has 2 saturated heterocycles. The smallest absolute Gasteiger partial charge is 0.223 e. The van der Waals surface area contributed by atoms with E-state index >= 15 is 0 Å². The molecular weight excluding hydrogens is 304 g/mol. The fourth-order valence-electron chi connectivity index (χ4n) is 4.74. The predicted octanol–water partition coefficient (Wildman–Crippen LogP) is 2.44. The highest BCUT2D eigenvalue weighted by atomic mass is 16.5. The van der Waals surface area contributed by atoms with Crippen LogP contribution in [0.2, 0.25) is 0 Å². The highest BCUT2D eigenvalue weighted by Crippen LogP contribution is 2.36. The lowest BCUT2D eigenvalue weighted by atomic mass is 9.75. The Labute approximate surface area is 145 Å². The lowest BCUT2D eigenvalue weighted by molar-refractivity contribution is -0.145. The number of carbonyl (C=O) groups excluding carboxylic acids is 2. The molecule has 0 aromatic carbocycles. The Kier molecular flexibility index (Phi) is 5.80. The van der Waals surface area contributed by atoms with Gasteiger partial charge in [0.05, 0.1) is 12.2 Å². The lowest BCUT2D eigenvalue weighted by Crippen LogP contribution is -2.48. The van der Waals surface area contributed by atoms with E-state index in [9.17, 15) is 9.59 Å². The van der Waals surface area contributed by atoms with Crippen molar-refractivity contribution in [3.63, 3.8) is 0 Å². The topological polar surface area (TPSA) is 49.9 Å². The summed E-state index contributed by atoms with van der Waals surface area (Å²) in [6, 6.07) is 0. The molecule has 3 unspecified atom stereocenters. The Morgan fingerprint density at radius 3 is 2.08 bits per heavy atom. The molecule has 3 fully saturated rings. The van der Waals surface area contributed by atoms with Gasteiger partial charge in [0, 0.05) is 39.0 Å². The minimum atomic E-state index is 0.0822. The molecule has 2 amide bonds. The summed E-state index contributed by atoms with van der Waals surface area (Å²) in [4.78, 5) is 28.8. The largest absolute Gasteiger partial charge is 0.372 e. The van der Waals surface area contributed by atoms with E-state index < -0.39 is 0 Å². The zero-order valence-corrected chi connectivity index (χ0v) is 15.2. The molecule has 0 N–H and O–H groups in total. The van der Waals surface area contributed by atoms with Gasteiger partial charge in [0.1, 0.15) is 0 Å². The van der Waals surface area contributed by atoms with E-state index in [2.05, 4.69) is 0 Å². The summed E-state index contributed by atoms with van der Waals surface area (Å²) in [6.45, 7) is 7.09. The van der Waals surface area contributed by atoms with Crippen molar-refractivity contribution in [1.82, 2.24) is 9.80 Å². The molecule has 136 valence electrons. The second-order valence-corrected chi connectivity index (χ2v) is 7.99. The number of fused-ring (bicyclic) bond motifs is 1. The average Bonchev–Trinajstić information content (AvgIpc) is 2.58. The summed E-state index contributed by atoms with van der Waals surface area (Å²) in [6.07, 6.45) is 7.31. The standard InChI is InChI=1S/C19H32N2O3/c1-14-11-21(12-15(2)24-14)19(23)8-7-18(22)20-10-9-16-5-3-4-6-17(16)13-20/h14-17H,3-13H2,1-2H3/t14-,15?,16?,17?/m1/s1. The maximum absolute atomic E-state index is 12.5. The number of rotatable bonds is 3. The number of ether oxygens (including phenoxy) is 1. The van der Waals surface area contributed by atoms with Crippen molar-refractivity contribution in [2.75, 3.05) is 26.2 Å². The second kappa shape index (κ2) is 7.85. The molecule has 1 aliphatic carbocycles. The zero-order valence-electron chi connectivity index (χ0n) is 15.2. The van der Waals surface area contributed by atoms with Crippen LogP contribution in [-0.2, 0) is 14.3 Å². The number of nitrogens with zero attached hydrogens (tertiary/aromatic N) is 2. The molecule has 5 nitrogen and oxygen atoms in total. The van der Waals surface area contributed by atoms with E-state index in [1.54, 1.807) is 0 Å². The molecule has 4 atom stereocenters. The van der Waals surface area contributed by atoms with E-state index in [0.29, 0.717) is 31.8 Å². The molecule has 3 aliphatic rings. The minimum Gasteiger partial charge on any atom is -0.372 e. The molecule has 1 saturated carbocycles. The maximum Gasteiger partial charge on any atom is 0.223 e. The van der Waals surface area contributed by atoms with Crippen molar-refractivity contribution in [2.45, 2.75) is 71.0 Å². The SMILES string of the molecule is CC1CN(C(=O)CCC(=O)N2CCC3CCCCC3C2)C[C@@H](C)O1. The molecule has 0 aromatic heterocycles. The quantitative estimate of drug-likeness (QED) is 0.795. The van der Waals surface area contributed by atoms with Gasteiger partial charge < -0.3 is 14.5 Å². The van der Waals surface area contributed by atoms with E-state index in [0.717, 1.165) is 25.4 Å². The van der Waals surface area contributed by atoms with Crippen LogP contribution in [0.4, 0.5) is 0 Å². The molecule has 5 heteroatoms. The predicted molar refractivity (Wildman–Crippen MR) is 92.5 cm³/mol. The van der Waals surface area contributed by atoms with Crippen LogP contribution in [-0.4, -0.2) is 60.0 Å². The van der Waals surface area contributed by atoms with Gasteiger partial charge in [-0.25, -0.2) is 0 Å². The molecule has 3 rings (SSSR count). The Hall–Kier alpha value is -1.10. The Morgan fingerprint density at radius 1 is 0.833 bits per heavy atom. The van der Waals surface area contributed by atoms with Crippen LogP contribution < -0.4 is 0 Å². The first-order valence-corrected chi connectivity index (χ1v) is 9.74. The molecule has 2 heterocycles. The van der Waals surface area contributed by atoms with Crippen molar-refractivity contribution >= 4 is 11.8 Å². The van der Waals surface area contributed by atoms with Gasteiger partial charge in [0.15, 0.2) is 0 Å². The van der Waals surface area contributed by atoms with Crippen LogP contribution in [0.3, 0.4) is 0 Å². The summed E-state index contributed by atoms with van der Waals surface area (Å²) in [5.41, 5.74) is 0. The van der Waals surface area contributed by atoms with Gasteiger partial charge in [-0.05, 0) is 38.5 Å². The number of piperidine rings is 1. The van der Waals surface area contributed by atoms with E-state index in [1.165, 1.54) is 25.7 Å². The van der Waals surface area contributed by atoms with Gasteiger partial charge in [-0.1, -0.05) is 19.3 Å². The number of hydrogen-bond donors (Lipinski definition) is 0. The third-order valence-corrected chi connectivity index (χ3v) is 5.97. The molecule has 0 aromatic rings. The third kappa shape index (κ3) is 4.29. The highest BCUT2D eigenvalue weighted by Gasteiger charge is 2.33. The fourth-order valence-corrected chi connectivity index (χ4v) is 4.74. The van der Waals surface area contributed by atoms with Crippen LogP contribution in [0.15, 0.2) is 0 Å². The summed E-state index contributed by atoms with van der Waals surface area (Å²) < 4.78 is 5.67. The van der Waals surface area contributed by atoms with Crippen LogP contribution in [0.25, 0.3) is 0 Å². The maximum atomic E-state index is 12.5. The number of morpholine rings is 1. The van der Waals surface area contributed by atoms with E-state index in [-0.39, 0.29) is 24.0 Å². The number of hydrogen-bond acceptors (Lipinski definition) is 3. The summed E-state index contributed by atoms with van der Waals surface area (Å²) in [5, 5.41) is 0. The van der Waals surface area contributed by atoms with Crippen LogP contribution in [0, 0.1) is 11.8 Å². The monoisotopic (exact) mass is 336 g/mol. The van der Waals surface area contributed by atoms with E-state index in [4.69, 9.17) is 4.74 Å². The van der Waals surface area contributed by atoms with Crippen molar-refractivity contribution in [3.8, 4) is 0 Å². The fraction of sp³-hybridized carbons (Fsp3) is 0.895. The van der Waals surface area contributed by atoms with Gasteiger partial charge in [0.2, 0.25) is 11.8 Å². The lowest BCUT2D eigenvalue weighted by Gasteiger charge is -2.41. The first-order chi connectivity index (χ1) is 11.5. The van der Waals surface area contributed by atoms with Gasteiger partial charge in [-0.3, -0.25) is 9.59 Å². The van der Waals surface area contributed by atoms with Crippen LogP contribution in [0.1, 0.15) is 58.8 Å². The van der Waals surface area contributed by atoms with Crippen molar-refractivity contribution < 1.29 is 14.3 Å². The summed E-state index contributed by atoms with van der Waals surface area (Å²) >= 11 is 0. The highest BCUT2D eigenvalue weighted by molar-refractivity contribution is 5.84. The van der Waals surface area contributed by atoms with E-state index in [1.807, 2.05) is 23.6 Å². The molecule has 24 heavy (non-hydrogen) atoms. The number of carbonyl (C=O) groups is 2. The van der Waals surface area contributed by atoms with Crippen molar-refractivity contribution in [1.29, 1.82) is 0 Å². The minimum absolute atomic E-state index is 0.0822. The van der Waals surface area contributed by atoms with Gasteiger partial charge in [0.25, 0.3) is 0 Å². The molecule has 0 radical (unpaired) electrons. The Balaban J connectivity index is 1.44. The zero-order chi connectivity index (χ0) is 17.1. The summed E-state index contributed by atoms with van der Waals surface area (Å²) in [7, 11) is 0. The molecule has 2 aliphatic heterocycles. The second-order valence-electron chi connectivity index (χ2n) is 7.99.